The minimum atomic E-state index is -3.45. The predicted octanol–water partition coefficient (Wildman–Crippen LogP) is 2.94. The molecule has 34 heavy (non-hydrogen) atoms. The zero-order chi connectivity index (χ0) is 24.6. The summed E-state index contributed by atoms with van der Waals surface area (Å²) in [7, 11) is -1.84. The van der Waals surface area contributed by atoms with Crippen LogP contribution in [0.15, 0.2) is 48.5 Å². The van der Waals surface area contributed by atoms with Gasteiger partial charge in [0, 0.05) is 39.3 Å². The summed E-state index contributed by atoms with van der Waals surface area (Å²) < 4.78 is 32.1. The van der Waals surface area contributed by atoms with Crippen LogP contribution in [0.1, 0.15) is 40.7 Å². The number of hydrogen-bond donors (Lipinski definition) is 2. The predicted molar refractivity (Wildman–Crippen MR) is 132 cm³/mol. The van der Waals surface area contributed by atoms with E-state index < -0.39 is 10.0 Å². The van der Waals surface area contributed by atoms with Crippen LogP contribution in [0.3, 0.4) is 0 Å². The van der Waals surface area contributed by atoms with Crippen LogP contribution < -0.4 is 10.6 Å². The van der Waals surface area contributed by atoms with E-state index in [2.05, 4.69) is 10.6 Å². The lowest BCUT2D eigenvalue weighted by atomic mass is 9.97. The first-order valence-electron chi connectivity index (χ1n) is 11.5. The van der Waals surface area contributed by atoms with E-state index in [1.807, 2.05) is 31.2 Å². The maximum Gasteiger partial charge on any atom is 0.253 e. The number of rotatable bonds is 10. The molecule has 0 aliphatic carbocycles. The van der Waals surface area contributed by atoms with Gasteiger partial charge in [-0.1, -0.05) is 42.0 Å². The monoisotopic (exact) mass is 487 g/mol. The maximum absolute atomic E-state index is 12.9. The summed E-state index contributed by atoms with van der Waals surface area (Å²) in [4.78, 5) is 25.4. The number of para-hydroxylation sites is 1. The molecule has 2 amide bonds. The van der Waals surface area contributed by atoms with Gasteiger partial charge in [0.1, 0.15) is 0 Å². The van der Waals surface area contributed by atoms with E-state index in [1.54, 1.807) is 31.4 Å². The first kappa shape index (κ1) is 25.9. The Labute approximate surface area is 201 Å². The van der Waals surface area contributed by atoms with Crippen LogP contribution in [0.2, 0.25) is 0 Å². The normalized spacial score (nSPS) is 15.1. The molecule has 2 aromatic carbocycles. The fraction of sp³-hybridized carbons (Fsp3) is 0.440. The van der Waals surface area contributed by atoms with Crippen molar-refractivity contribution in [2.75, 3.05) is 38.7 Å². The van der Waals surface area contributed by atoms with Crippen molar-refractivity contribution < 1.29 is 22.7 Å². The summed E-state index contributed by atoms with van der Waals surface area (Å²) >= 11 is 0. The lowest BCUT2D eigenvalue weighted by molar-refractivity contribution is -0.120. The number of amides is 2. The summed E-state index contributed by atoms with van der Waals surface area (Å²) in [5, 5.41) is 5.70. The van der Waals surface area contributed by atoms with Gasteiger partial charge in [-0.05, 0) is 43.9 Å². The Hall–Kier alpha value is -2.75. The molecule has 0 unspecified atom stereocenters. The first-order chi connectivity index (χ1) is 16.3. The molecule has 1 saturated heterocycles. The minimum Gasteiger partial charge on any atom is -0.385 e. The standard InChI is InChI=1S/C25H33N3O5S/c1-19-8-10-20(11-9-19)18-34(31,32)28-15-12-21(13-16-28)24(29)27-23-7-4-3-6-22(23)25(30)26-14-5-17-33-2/h3-4,6-11,21H,5,12-18H2,1-2H3,(H,26,30)(H,27,29). The number of nitrogens with one attached hydrogen (secondary N) is 2. The Balaban J connectivity index is 1.55. The third-order valence-corrected chi connectivity index (χ3v) is 7.78. The molecule has 1 heterocycles. The molecule has 0 bridgehead atoms. The van der Waals surface area contributed by atoms with Crippen molar-refractivity contribution in [1.82, 2.24) is 9.62 Å². The van der Waals surface area contributed by atoms with Crippen LogP contribution in [-0.2, 0) is 25.3 Å². The fourth-order valence-electron chi connectivity index (χ4n) is 3.92. The number of hydrogen-bond acceptors (Lipinski definition) is 5. The summed E-state index contributed by atoms with van der Waals surface area (Å²) in [6.07, 6.45) is 1.57. The Bertz CT molecular complexity index is 1080. The van der Waals surface area contributed by atoms with E-state index >= 15 is 0 Å². The lowest BCUT2D eigenvalue weighted by Gasteiger charge is -2.30. The van der Waals surface area contributed by atoms with Crippen molar-refractivity contribution >= 4 is 27.5 Å². The second kappa shape index (κ2) is 12.1. The highest BCUT2D eigenvalue weighted by atomic mass is 32.2. The number of piperidine rings is 1. The van der Waals surface area contributed by atoms with Crippen LogP contribution in [0.5, 0.6) is 0 Å². The third-order valence-electron chi connectivity index (χ3n) is 5.93. The zero-order valence-electron chi connectivity index (χ0n) is 19.7. The first-order valence-corrected chi connectivity index (χ1v) is 13.1. The molecule has 0 spiro atoms. The molecule has 2 N–H and O–H groups in total. The molecule has 0 radical (unpaired) electrons. The smallest absolute Gasteiger partial charge is 0.253 e. The van der Waals surface area contributed by atoms with E-state index in [4.69, 9.17) is 4.74 Å². The molecule has 0 saturated carbocycles. The van der Waals surface area contributed by atoms with Gasteiger partial charge in [0.05, 0.1) is 17.0 Å². The largest absolute Gasteiger partial charge is 0.385 e. The Kier molecular flexibility index (Phi) is 9.20. The van der Waals surface area contributed by atoms with Gasteiger partial charge in [-0.2, -0.15) is 0 Å². The number of carbonyl (C=O) groups is 2. The molecule has 1 aliphatic heterocycles. The summed E-state index contributed by atoms with van der Waals surface area (Å²) in [6, 6.07) is 14.3. The van der Waals surface area contributed by atoms with Crippen molar-refractivity contribution in [3.05, 3.63) is 65.2 Å². The minimum absolute atomic E-state index is 0.0446. The van der Waals surface area contributed by atoms with Crippen LogP contribution >= 0.6 is 0 Å². The average Bonchev–Trinajstić information content (AvgIpc) is 2.83. The summed E-state index contributed by atoms with van der Waals surface area (Å²) in [5.41, 5.74) is 2.68. The number of carbonyl (C=O) groups excluding carboxylic acids is 2. The van der Waals surface area contributed by atoms with Crippen LogP contribution in [0.4, 0.5) is 5.69 Å². The van der Waals surface area contributed by atoms with Crippen molar-refractivity contribution in [3.63, 3.8) is 0 Å². The van der Waals surface area contributed by atoms with Crippen molar-refractivity contribution in [1.29, 1.82) is 0 Å². The van der Waals surface area contributed by atoms with Crippen LogP contribution in [0.25, 0.3) is 0 Å². The number of aryl methyl sites for hydroxylation is 1. The molecule has 9 heteroatoms. The van der Waals surface area contributed by atoms with Crippen molar-refractivity contribution in [2.45, 2.75) is 31.9 Å². The summed E-state index contributed by atoms with van der Waals surface area (Å²) in [5.74, 6) is -0.820. The fourth-order valence-corrected chi connectivity index (χ4v) is 5.48. The van der Waals surface area contributed by atoms with E-state index in [9.17, 15) is 18.0 Å². The summed E-state index contributed by atoms with van der Waals surface area (Å²) in [6.45, 7) is 3.59. The van der Waals surface area contributed by atoms with Gasteiger partial charge in [-0.25, -0.2) is 12.7 Å². The lowest BCUT2D eigenvalue weighted by Crippen LogP contribution is -2.42. The quantitative estimate of drug-likeness (QED) is 0.502. The Morgan fingerprint density at radius 3 is 2.41 bits per heavy atom. The van der Waals surface area contributed by atoms with Gasteiger partial charge in [-0.15, -0.1) is 0 Å². The molecule has 0 aromatic heterocycles. The SMILES string of the molecule is COCCCNC(=O)c1ccccc1NC(=O)C1CCN(S(=O)(=O)Cc2ccc(C)cc2)CC1. The molecule has 1 aliphatic rings. The molecule has 1 fully saturated rings. The Morgan fingerprint density at radius 2 is 1.74 bits per heavy atom. The third kappa shape index (κ3) is 7.12. The number of benzene rings is 2. The van der Waals surface area contributed by atoms with Crippen LogP contribution in [0, 0.1) is 12.8 Å². The maximum atomic E-state index is 12.9. The molecule has 0 atom stereocenters. The second-order valence-corrected chi connectivity index (χ2v) is 10.5. The molecule has 2 aromatic rings. The highest BCUT2D eigenvalue weighted by Crippen LogP contribution is 2.24. The van der Waals surface area contributed by atoms with Gasteiger partial charge in [-0.3, -0.25) is 9.59 Å². The highest BCUT2D eigenvalue weighted by molar-refractivity contribution is 7.88. The highest BCUT2D eigenvalue weighted by Gasteiger charge is 2.31. The molecule has 3 rings (SSSR count). The van der Waals surface area contributed by atoms with Gasteiger partial charge in [0.25, 0.3) is 5.91 Å². The molecular weight excluding hydrogens is 454 g/mol. The van der Waals surface area contributed by atoms with Gasteiger partial charge in [0.15, 0.2) is 0 Å². The average molecular weight is 488 g/mol. The number of sulfonamides is 1. The van der Waals surface area contributed by atoms with E-state index in [0.717, 1.165) is 11.1 Å². The molecule has 8 nitrogen and oxygen atoms in total. The van der Waals surface area contributed by atoms with E-state index in [1.165, 1.54) is 4.31 Å². The number of methoxy groups -OCH3 is 1. The van der Waals surface area contributed by atoms with E-state index in [-0.39, 0.29) is 23.5 Å². The topological polar surface area (TPSA) is 105 Å². The second-order valence-electron chi connectivity index (χ2n) is 8.55. The van der Waals surface area contributed by atoms with Gasteiger partial charge in [0.2, 0.25) is 15.9 Å². The van der Waals surface area contributed by atoms with Crippen LogP contribution in [-0.4, -0.2) is 57.9 Å². The number of anilines is 1. The van der Waals surface area contributed by atoms with Gasteiger partial charge < -0.3 is 15.4 Å². The molecule has 184 valence electrons. The number of nitrogens with zero attached hydrogens (tertiary/aromatic N) is 1. The van der Waals surface area contributed by atoms with Crippen molar-refractivity contribution in [2.24, 2.45) is 5.92 Å². The Morgan fingerprint density at radius 1 is 1.06 bits per heavy atom. The van der Waals surface area contributed by atoms with Gasteiger partial charge >= 0.3 is 0 Å². The molecular formula is C25H33N3O5S. The zero-order valence-corrected chi connectivity index (χ0v) is 20.6. The van der Waals surface area contributed by atoms with Crippen molar-refractivity contribution in [3.8, 4) is 0 Å². The number of ether oxygens (including phenoxy) is 1. The van der Waals surface area contributed by atoms with E-state index in [0.29, 0.717) is 56.8 Å².